The Labute approximate surface area is 292 Å². The number of aliphatic hydroxyl groups is 2. The van der Waals surface area contributed by atoms with E-state index in [9.17, 15) is 19.8 Å². The summed E-state index contributed by atoms with van der Waals surface area (Å²) in [5.41, 5.74) is 6.12. The van der Waals surface area contributed by atoms with Crippen LogP contribution in [0.15, 0.2) is 37.4 Å². The lowest BCUT2D eigenvalue weighted by Gasteiger charge is -2.52. The van der Waals surface area contributed by atoms with Gasteiger partial charge >= 0.3 is 0 Å². The third kappa shape index (κ3) is 9.00. The molecule has 4 saturated carbocycles. The highest BCUT2D eigenvalue weighted by molar-refractivity contribution is 5.89. The van der Waals surface area contributed by atoms with Crippen molar-refractivity contribution in [2.24, 2.45) is 35.5 Å². The standard InChI is InChI=1S/C44H66O4/c1-7-37(45)13-15-39(47)11-9-35-22-36(10-12-40(48)16-14-38(46)8-2)42(44-24-30(4)19-32(28-44)20-31(5)25-44)23-41(35)43(6)26-33-17-29(3)18-34(21-33)27-43/h7-8,22-23,29-34,39-40,47-48H,1-2,9-21,24-28H2,3-6H3. The first-order chi connectivity index (χ1) is 22.8. The molecule has 4 nitrogen and oxygen atoms in total. The molecule has 0 saturated heterocycles. The number of aryl methyl sites for hydroxylation is 2. The van der Waals surface area contributed by atoms with Crippen LogP contribution in [0.3, 0.4) is 0 Å². The van der Waals surface area contributed by atoms with Crippen molar-refractivity contribution in [2.45, 2.75) is 166 Å². The van der Waals surface area contributed by atoms with Crippen LogP contribution in [-0.2, 0) is 33.3 Å². The fourth-order valence-electron chi connectivity index (χ4n) is 11.8. The van der Waals surface area contributed by atoms with Crippen LogP contribution in [-0.4, -0.2) is 34.0 Å². The third-order valence-electron chi connectivity index (χ3n) is 13.2. The van der Waals surface area contributed by atoms with Crippen molar-refractivity contribution in [2.75, 3.05) is 0 Å². The van der Waals surface area contributed by atoms with Crippen molar-refractivity contribution < 1.29 is 19.8 Å². The van der Waals surface area contributed by atoms with E-state index < -0.39 is 12.2 Å². The SMILES string of the molecule is C=CC(=O)CCC(O)CCc1cc(CCC(O)CCC(=O)C=C)c(C23CC(C)CC(CC(C)C2)C3)cc1C1(C)CC2CC(C)CC(C2)C1. The molecule has 0 radical (unpaired) electrons. The van der Waals surface area contributed by atoms with Crippen molar-refractivity contribution >= 4 is 11.6 Å². The van der Waals surface area contributed by atoms with Crippen molar-refractivity contribution in [3.05, 3.63) is 59.7 Å². The van der Waals surface area contributed by atoms with Crippen LogP contribution >= 0.6 is 0 Å². The summed E-state index contributed by atoms with van der Waals surface area (Å²) in [6.07, 6.45) is 19.2. The molecule has 0 aromatic heterocycles. The number of carbonyl (C=O) groups excluding carboxylic acids is 2. The average Bonchev–Trinajstić information content (AvgIpc) is 3.02. The summed E-state index contributed by atoms with van der Waals surface area (Å²) in [4.78, 5) is 23.9. The number of benzene rings is 1. The maximum absolute atomic E-state index is 11.9. The normalized spacial score (nSPS) is 34.2. The van der Waals surface area contributed by atoms with E-state index in [0.29, 0.717) is 50.4 Å². The van der Waals surface area contributed by atoms with E-state index in [4.69, 9.17) is 0 Å². The summed E-state index contributed by atoms with van der Waals surface area (Å²) in [5, 5.41) is 22.1. The van der Waals surface area contributed by atoms with Crippen LogP contribution in [0, 0.1) is 35.5 Å². The fraction of sp³-hybridized carbons (Fsp3) is 0.727. The molecular weight excluding hydrogens is 592 g/mol. The Morgan fingerprint density at radius 2 is 1.15 bits per heavy atom. The lowest BCUT2D eigenvalue weighted by Crippen LogP contribution is -2.44. The van der Waals surface area contributed by atoms with E-state index in [1.807, 2.05) is 0 Å². The van der Waals surface area contributed by atoms with Crippen molar-refractivity contribution in [3.8, 4) is 0 Å². The maximum atomic E-state index is 11.9. The Morgan fingerprint density at radius 3 is 1.65 bits per heavy atom. The lowest BCUT2D eigenvalue weighted by atomic mass is 9.52. The first-order valence-electron chi connectivity index (χ1n) is 19.6. The van der Waals surface area contributed by atoms with E-state index >= 15 is 0 Å². The molecule has 0 heterocycles. The molecule has 1 aromatic carbocycles. The Kier molecular flexibility index (Phi) is 12.3. The number of ketones is 2. The number of rotatable bonds is 16. The van der Waals surface area contributed by atoms with Gasteiger partial charge in [0, 0.05) is 12.8 Å². The van der Waals surface area contributed by atoms with Crippen LogP contribution in [0.4, 0.5) is 0 Å². The van der Waals surface area contributed by atoms with Gasteiger partial charge in [0.2, 0.25) is 0 Å². The van der Waals surface area contributed by atoms with E-state index in [1.165, 1.54) is 93.1 Å². The predicted molar refractivity (Wildman–Crippen MR) is 197 cm³/mol. The molecule has 5 rings (SSSR count). The molecule has 266 valence electrons. The molecule has 4 fully saturated rings. The Morgan fingerprint density at radius 1 is 0.688 bits per heavy atom. The first-order valence-corrected chi connectivity index (χ1v) is 19.6. The molecule has 1 aromatic rings. The number of allylic oxidation sites excluding steroid dienone is 2. The second-order valence-corrected chi connectivity index (χ2v) is 17.9. The third-order valence-corrected chi connectivity index (χ3v) is 13.2. The molecule has 0 amide bonds. The summed E-state index contributed by atoms with van der Waals surface area (Å²) >= 11 is 0. The van der Waals surface area contributed by atoms with Gasteiger partial charge in [-0.3, -0.25) is 9.59 Å². The van der Waals surface area contributed by atoms with Gasteiger partial charge in [-0.1, -0.05) is 53.0 Å². The van der Waals surface area contributed by atoms with Gasteiger partial charge in [-0.2, -0.15) is 0 Å². The number of hydrogen-bond acceptors (Lipinski definition) is 4. The molecule has 4 bridgehead atoms. The van der Waals surface area contributed by atoms with Gasteiger partial charge in [0.05, 0.1) is 12.2 Å². The molecule has 2 N–H and O–H groups in total. The predicted octanol–water partition coefficient (Wildman–Crippen LogP) is 9.55. The smallest absolute Gasteiger partial charge is 0.155 e. The molecule has 6 atom stereocenters. The van der Waals surface area contributed by atoms with E-state index in [2.05, 4.69) is 53.0 Å². The van der Waals surface area contributed by atoms with E-state index in [-0.39, 0.29) is 22.4 Å². The lowest BCUT2D eigenvalue weighted by molar-refractivity contribution is -0.115. The van der Waals surface area contributed by atoms with E-state index in [0.717, 1.165) is 36.5 Å². The van der Waals surface area contributed by atoms with Gasteiger partial charge in [-0.25, -0.2) is 0 Å². The zero-order chi connectivity index (χ0) is 34.6. The van der Waals surface area contributed by atoms with Gasteiger partial charge in [0.25, 0.3) is 0 Å². The largest absolute Gasteiger partial charge is 0.393 e. The minimum absolute atomic E-state index is 0.00747. The number of aliphatic hydroxyl groups excluding tert-OH is 2. The van der Waals surface area contributed by atoms with Crippen LogP contribution in [0.5, 0.6) is 0 Å². The number of fused-ring (bicyclic) bond motifs is 4. The summed E-state index contributed by atoms with van der Waals surface area (Å²) < 4.78 is 0. The van der Waals surface area contributed by atoms with E-state index in [1.54, 1.807) is 5.56 Å². The van der Waals surface area contributed by atoms with Gasteiger partial charge in [-0.15, -0.1) is 0 Å². The molecular formula is C44H66O4. The molecule has 48 heavy (non-hydrogen) atoms. The van der Waals surface area contributed by atoms with Gasteiger partial charge in [0.1, 0.15) is 0 Å². The fourth-order valence-corrected chi connectivity index (χ4v) is 11.8. The highest BCUT2D eigenvalue weighted by atomic mass is 16.3. The molecule has 6 unspecified atom stereocenters. The topological polar surface area (TPSA) is 74.6 Å². The minimum atomic E-state index is -0.522. The van der Waals surface area contributed by atoms with Crippen LogP contribution in [0.2, 0.25) is 0 Å². The summed E-state index contributed by atoms with van der Waals surface area (Å²) in [6.45, 7) is 17.1. The maximum Gasteiger partial charge on any atom is 0.155 e. The van der Waals surface area contributed by atoms with Crippen LogP contribution in [0.1, 0.15) is 153 Å². The van der Waals surface area contributed by atoms with Crippen molar-refractivity contribution in [3.63, 3.8) is 0 Å². The van der Waals surface area contributed by atoms with Gasteiger partial charge < -0.3 is 10.2 Å². The Balaban J connectivity index is 1.55. The summed E-state index contributed by atoms with van der Waals surface area (Å²) in [7, 11) is 0. The molecule has 4 aliphatic carbocycles. The quantitative estimate of drug-likeness (QED) is 0.174. The monoisotopic (exact) mass is 658 g/mol. The highest BCUT2D eigenvalue weighted by Gasteiger charge is 2.48. The molecule has 0 aliphatic heterocycles. The first kappa shape index (κ1) is 37.2. The van der Waals surface area contributed by atoms with Crippen LogP contribution < -0.4 is 0 Å². The Bertz CT molecular complexity index is 1270. The highest BCUT2D eigenvalue weighted by Crippen LogP contribution is 2.57. The zero-order valence-electron chi connectivity index (χ0n) is 30.8. The second kappa shape index (κ2) is 15.9. The second-order valence-electron chi connectivity index (χ2n) is 17.9. The number of carbonyl (C=O) groups is 2. The average molecular weight is 659 g/mol. The van der Waals surface area contributed by atoms with Crippen molar-refractivity contribution in [1.29, 1.82) is 0 Å². The summed E-state index contributed by atoms with van der Waals surface area (Å²) in [5.74, 6) is 4.57. The minimum Gasteiger partial charge on any atom is -0.393 e. The Hall–Kier alpha value is -2.04. The van der Waals surface area contributed by atoms with Gasteiger partial charge in [0.15, 0.2) is 11.6 Å². The zero-order valence-corrected chi connectivity index (χ0v) is 30.8. The van der Waals surface area contributed by atoms with Crippen molar-refractivity contribution in [1.82, 2.24) is 0 Å². The summed E-state index contributed by atoms with van der Waals surface area (Å²) in [6, 6.07) is 5.19. The molecule has 4 aliphatic rings. The van der Waals surface area contributed by atoms with Gasteiger partial charge in [-0.05, 0) is 183 Å². The number of hydrogen-bond donors (Lipinski definition) is 2. The van der Waals surface area contributed by atoms with Crippen LogP contribution in [0.25, 0.3) is 0 Å². The molecule has 4 heteroatoms. The molecule has 0 spiro atoms.